The van der Waals surface area contributed by atoms with Gasteiger partial charge in [-0.3, -0.25) is 29.0 Å². The minimum absolute atomic E-state index is 0.00213. The van der Waals surface area contributed by atoms with Gasteiger partial charge in [0.2, 0.25) is 23.7 Å². The molecule has 24 nitrogen and oxygen atoms in total. The van der Waals surface area contributed by atoms with Crippen LogP contribution < -0.4 is 22.1 Å². The largest absolute Gasteiger partial charge is 0.443 e. The number of fused-ring (bicyclic) bond motifs is 2. The highest BCUT2D eigenvalue weighted by atomic mass is 127. The number of imide groups is 2. The van der Waals surface area contributed by atoms with Gasteiger partial charge in [-0.1, -0.05) is 68.0 Å². The first kappa shape index (κ1) is 86.7. The topological polar surface area (TPSA) is 278 Å². The summed E-state index contributed by atoms with van der Waals surface area (Å²) < 4.78 is 99.2. The fourth-order valence-electron chi connectivity index (χ4n) is 13.9. The number of anilines is 4. The number of piperazine rings is 2. The summed E-state index contributed by atoms with van der Waals surface area (Å²) in [5.41, 5.74) is 16.7. The van der Waals surface area contributed by atoms with Crippen molar-refractivity contribution in [2.45, 2.75) is 131 Å². The number of nitrogens with two attached hydrogens (primary N) is 2. The number of terminal acetylenes is 1. The van der Waals surface area contributed by atoms with Gasteiger partial charge in [-0.05, 0) is 173 Å². The van der Waals surface area contributed by atoms with Gasteiger partial charge in [-0.25, -0.2) is 39.3 Å². The predicted octanol–water partition coefficient (Wildman–Crippen LogP) is 13.1. The van der Waals surface area contributed by atoms with Crippen molar-refractivity contribution in [3.8, 4) is 47.0 Å². The maximum Gasteiger partial charge on any atom is 0.417 e. The van der Waals surface area contributed by atoms with Gasteiger partial charge in [0, 0.05) is 150 Å². The number of nitrogens with one attached hydrogen (secondary N) is 2. The van der Waals surface area contributed by atoms with Crippen molar-refractivity contribution < 1.29 is 64.6 Å². The van der Waals surface area contributed by atoms with E-state index in [4.69, 9.17) is 27.4 Å². The average molecular weight is 1700 g/mol. The molecule has 2 fully saturated rings. The first-order valence-corrected chi connectivity index (χ1v) is 38.9. The summed E-state index contributed by atoms with van der Waals surface area (Å²) >= 11 is 2.16. The Morgan fingerprint density at radius 3 is 1.36 bits per heavy atom. The maximum atomic E-state index is 14.2. The molecule has 12 rings (SSSR count). The monoisotopic (exact) mass is 1700 g/mol. The van der Waals surface area contributed by atoms with Crippen LogP contribution >= 0.6 is 22.6 Å². The summed E-state index contributed by atoms with van der Waals surface area (Å²) in [5.74, 6) is 7.08. The predicted molar refractivity (Wildman–Crippen MR) is 435 cm³/mol. The number of amides is 6. The summed E-state index contributed by atoms with van der Waals surface area (Å²) in [6.45, 7) is 23.9. The van der Waals surface area contributed by atoms with E-state index in [-0.39, 0.29) is 79.3 Å². The molecule has 8 aromatic rings. The molecule has 6 N–H and O–H groups in total. The lowest BCUT2D eigenvalue weighted by Crippen LogP contribution is -2.46. The summed E-state index contributed by atoms with van der Waals surface area (Å²) in [6, 6.07) is 25.8. The third-order valence-corrected chi connectivity index (χ3v) is 20.0. The SMILES string of the molecule is C#Cc1cnc(N)nc1-c1cc2c(n1C)CCN(C(=O)OC(C)(C)C)C2=O.CCCN1CCN(Cc2ccc(NC(=O)Cc3cccc(C#Cc4cnc(N)nc4-c4cc5c(n4C)CCN(C(=O)OC(C)(C)C)C5=O)c3)cc2C(F)(F)F)CC1.CCCN1CCN(Cc2ccc(NC(=O)Cc3cccc(I)c3)cc2C(F)(F)F)CC1. The molecule has 0 bridgehead atoms. The van der Waals surface area contributed by atoms with Crippen LogP contribution in [0.3, 0.4) is 0 Å². The Labute approximate surface area is 678 Å². The van der Waals surface area contributed by atoms with E-state index in [1.54, 1.807) is 91.1 Å². The lowest BCUT2D eigenvalue weighted by molar-refractivity contribution is -0.139. The maximum absolute atomic E-state index is 14.2. The summed E-state index contributed by atoms with van der Waals surface area (Å²) in [7, 11) is 3.62. The molecule has 8 heterocycles. The molecule has 115 heavy (non-hydrogen) atoms. The molecule has 0 aliphatic carbocycles. The molecular weight excluding hydrogens is 1600 g/mol. The third-order valence-electron chi connectivity index (χ3n) is 19.4. The first-order valence-electron chi connectivity index (χ1n) is 37.8. The molecular formula is C84H95F6IN16O8. The molecule has 4 aromatic carbocycles. The molecule has 6 amide bonds. The van der Waals surface area contributed by atoms with E-state index in [0.29, 0.717) is 82.1 Å². The van der Waals surface area contributed by atoms with Crippen LogP contribution in [0, 0.1) is 27.8 Å². The molecule has 0 spiro atoms. The smallest absolute Gasteiger partial charge is 0.417 e. The standard InChI is InChI=1S/C42H47F3N8O4.C23H27F3IN3O.C19H21N5O3/c1-6-15-51-17-19-52(20-18-51)26-30-12-13-31(23-33(30)42(43,44)45)48-36(54)22-28-9-7-8-27(21-28)10-11-29-25-47-39(46)49-37(29)35-24-32-34(50(35)5)14-16-53(38(32)55)40(56)57-41(2,3)4;1-2-8-29-9-11-30(12-10-29)16-18-6-7-20(15-21(18)23(24,25)26)28-22(31)14-17-4-3-5-19(27)13-17;1-6-11-10-21-17(20)22-15(11)14-9-12-13(23(14)5)7-8-24(16(12)25)18(26)27-19(2,3)4/h7-9,12-13,21,23-25H,6,14-20,22,26H2,1-5H3,(H,48,54)(H2,46,47,49);3-7,13,15H,2,8-12,14,16H2,1H3,(H,28,31);1,9-10H,7-8H2,2-5H3,(H2,20,21,22). The van der Waals surface area contributed by atoms with E-state index in [9.17, 15) is 55.1 Å². The summed E-state index contributed by atoms with van der Waals surface area (Å²) in [5, 5.41) is 5.24. The van der Waals surface area contributed by atoms with Crippen molar-refractivity contribution in [1.82, 2.24) is 58.5 Å². The highest BCUT2D eigenvalue weighted by Crippen LogP contribution is 2.38. The van der Waals surface area contributed by atoms with Crippen molar-refractivity contribution in [3.05, 3.63) is 186 Å². The molecule has 4 aromatic heterocycles. The number of carbonyl (C=O) groups excluding carboxylic acids is 6. The molecule has 4 aliphatic rings. The van der Waals surface area contributed by atoms with Crippen molar-refractivity contribution in [2.75, 3.05) is 101 Å². The van der Waals surface area contributed by atoms with Gasteiger partial charge >= 0.3 is 24.5 Å². The van der Waals surface area contributed by atoms with Gasteiger partial charge in [0.25, 0.3) is 11.8 Å². The van der Waals surface area contributed by atoms with Gasteiger partial charge in [0.05, 0.1) is 57.6 Å². The lowest BCUT2D eigenvalue weighted by Gasteiger charge is -2.35. The van der Waals surface area contributed by atoms with Crippen molar-refractivity contribution >= 4 is 81.7 Å². The Balaban J connectivity index is 0.000000202. The molecule has 0 saturated carbocycles. The Kier molecular flexibility index (Phi) is 28.1. The molecule has 608 valence electrons. The van der Waals surface area contributed by atoms with E-state index < -0.39 is 64.6 Å². The fraction of sp³-hybridized carbons (Fsp3) is 0.405. The van der Waals surface area contributed by atoms with E-state index in [2.05, 4.69) is 99.5 Å². The first-order chi connectivity index (χ1) is 54.3. The van der Waals surface area contributed by atoms with Crippen LogP contribution in [0.25, 0.3) is 22.8 Å². The van der Waals surface area contributed by atoms with E-state index in [1.807, 2.05) is 45.3 Å². The molecule has 4 aliphatic heterocycles. The van der Waals surface area contributed by atoms with Crippen LogP contribution in [0.1, 0.15) is 150 Å². The van der Waals surface area contributed by atoms with Crippen molar-refractivity contribution in [2.24, 2.45) is 14.1 Å². The number of rotatable bonds is 16. The van der Waals surface area contributed by atoms with Crippen LogP contribution in [0.4, 0.5) is 59.2 Å². The molecule has 31 heteroatoms. The van der Waals surface area contributed by atoms with Crippen LogP contribution in [-0.4, -0.2) is 184 Å². The Bertz CT molecular complexity index is 5030. The van der Waals surface area contributed by atoms with E-state index in [0.717, 1.165) is 108 Å². The van der Waals surface area contributed by atoms with Gasteiger partial charge in [-0.2, -0.15) is 26.3 Å². The van der Waals surface area contributed by atoms with Crippen LogP contribution in [0.5, 0.6) is 0 Å². The second-order valence-electron chi connectivity index (χ2n) is 30.4. The Morgan fingerprint density at radius 2 is 0.948 bits per heavy atom. The number of hydrogen-bond donors (Lipinski definition) is 4. The number of hydrogen-bond acceptors (Lipinski definition) is 18. The summed E-state index contributed by atoms with van der Waals surface area (Å²) in [6.07, 6.45) is 1.11. The van der Waals surface area contributed by atoms with Crippen molar-refractivity contribution in [1.29, 1.82) is 0 Å². The molecule has 0 unspecified atom stereocenters. The zero-order valence-electron chi connectivity index (χ0n) is 66.0. The Morgan fingerprint density at radius 1 is 0.539 bits per heavy atom. The Hall–Kier alpha value is -10.7. The number of benzene rings is 4. The molecule has 0 atom stereocenters. The van der Waals surface area contributed by atoms with Gasteiger partial charge in [-0.15, -0.1) is 6.42 Å². The number of halogens is 7. The highest BCUT2D eigenvalue weighted by Gasteiger charge is 2.40. The second kappa shape index (κ2) is 37.3. The molecule has 0 radical (unpaired) electrons. The zero-order valence-corrected chi connectivity index (χ0v) is 68.2. The molecule has 2 saturated heterocycles. The number of carbonyl (C=O) groups is 6. The van der Waals surface area contributed by atoms with Crippen LogP contribution in [0.15, 0.2) is 109 Å². The minimum atomic E-state index is -4.58. The van der Waals surface area contributed by atoms with E-state index >= 15 is 0 Å². The summed E-state index contributed by atoms with van der Waals surface area (Å²) in [4.78, 5) is 105. The quantitative estimate of drug-likeness (QED) is 0.0397. The number of aromatic nitrogens is 6. The van der Waals surface area contributed by atoms with Gasteiger partial charge in [0.15, 0.2) is 0 Å². The van der Waals surface area contributed by atoms with Gasteiger partial charge < -0.3 is 50.5 Å². The van der Waals surface area contributed by atoms with Crippen LogP contribution in [0.2, 0.25) is 0 Å². The minimum Gasteiger partial charge on any atom is -0.443 e. The van der Waals surface area contributed by atoms with Gasteiger partial charge in [0.1, 0.15) is 22.6 Å². The number of alkyl halides is 6. The number of nitrogens with zero attached hydrogens (tertiary/aromatic N) is 12. The second-order valence-corrected chi connectivity index (χ2v) is 31.6. The average Bonchev–Trinajstić information content (AvgIpc) is 1.62. The normalized spacial score (nSPS) is 15.0. The van der Waals surface area contributed by atoms with Crippen LogP contribution in [-0.2, 0) is 84.3 Å². The van der Waals surface area contributed by atoms with Crippen molar-refractivity contribution in [3.63, 3.8) is 0 Å². The lowest BCUT2D eigenvalue weighted by atomic mass is 10.0. The zero-order chi connectivity index (χ0) is 83.4. The third kappa shape index (κ3) is 23.1. The highest BCUT2D eigenvalue weighted by molar-refractivity contribution is 14.1. The number of nitrogen functional groups attached to an aromatic ring is 2. The fourth-order valence-corrected chi connectivity index (χ4v) is 14.5. The van der Waals surface area contributed by atoms with E-state index in [1.165, 1.54) is 30.6 Å². The number of ether oxygens (including phenoxy) is 2.